The van der Waals surface area contributed by atoms with Crippen molar-refractivity contribution >= 4 is 11.6 Å². The molecule has 0 unspecified atom stereocenters. The second kappa shape index (κ2) is 12.1. The zero-order chi connectivity index (χ0) is 26.3. The predicted octanol–water partition coefficient (Wildman–Crippen LogP) is 6.66. The van der Waals surface area contributed by atoms with Gasteiger partial charge in [0.25, 0.3) is 5.91 Å². The summed E-state index contributed by atoms with van der Waals surface area (Å²) in [4.78, 5) is 17.1. The lowest BCUT2D eigenvalue weighted by Gasteiger charge is -2.21. The lowest BCUT2D eigenvalue weighted by molar-refractivity contribution is 0.0993. The summed E-state index contributed by atoms with van der Waals surface area (Å²) < 4.78 is 11.5. The van der Waals surface area contributed by atoms with Crippen molar-refractivity contribution in [3.63, 3.8) is 0 Å². The largest absolute Gasteiger partial charge is 0.493 e. The molecule has 3 rings (SSSR count). The fourth-order valence-electron chi connectivity index (χ4n) is 4.09. The monoisotopic (exact) mass is 488 g/mol. The van der Waals surface area contributed by atoms with Crippen LogP contribution in [0.15, 0.2) is 66.7 Å². The van der Waals surface area contributed by atoms with E-state index >= 15 is 0 Å². The number of anilines is 1. The predicted molar refractivity (Wildman–Crippen MR) is 150 cm³/mol. The first kappa shape index (κ1) is 27.3. The Morgan fingerprint density at radius 3 is 1.94 bits per heavy atom. The summed E-state index contributed by atoms with van der Waals surface area (Å²) in [7, 11) is 3.39. The van der Waals surface area contributed by atoms with Crippen molar-refractivity contribution in [1.82, 2.24) is 4.90 Å². The first-order valence-corrected chi connectivity index (χ1v) is 12.7. The third-order valence-corrected chi connectivity index (χ3v) is 6.61. The van der Waals surface area contributed by atoms with Gasteiger partial charge in [-0.2, -0.15) is 0 Å². The highest BCUT2D eigenvalue weighted by molar-refractivity contribution is 6.06. The second-order valence-electron chi connectivity index (χ2n) is 9.98. The highest BCUT2D eigenvalue weighted by Gasteiger charge is 2.17. The Kier molecular flexibility index (Phi) is 9.16. The number of likely N-dealkylation sites (N-methyl/N-ethyl adjacent to an activating group) is 1. The number of methoxy groups -OCH3 is 1. The molecule has 1 amide bonds. The molecule has 0 aliphatic heterocycles. The van der Waals surface area contributed by atoms with Gasteiger partial charge in [-0.15, -0.1) is 0 Å². The molecule has 0 saturated heterocycles. The standard InChI is InChI=1S/C31H40N2O3/c1-8-33(9-2)20-21-36-28-19-18-27(22-29(28)35-7)32(6)30(34)25-12-10-23(11-13-25)24-14-16-26(17-15-24)31(3,4)5/h10-19,22H,8-9,20-21H2,1-7H3. The van der Waals surface area contributed by atoms with E-state index in [0.717, 1.165) is 36.4 Å². The van der Waals surface area contributed by atoms with Crippen molar-refractivity contribution in [1.29, 1.82) is 0 Å². The van der Waals surface area contributed by atoms with Gasteiger partial charge in [-0.3, -0.25) is 4.79 Å². The number of hydrogen-bond donors (Lipinski definition) is 0. The van der Waals surface area contributed by atoms with Gasteiger partial charge in [-0.25, -0.2) is 0 Å². The van der Waals surface area contributed by atoms with Crippen LogP contribution in [-0.2, 0) is 5.41 Å². The van der Waals surface area contributed by atoms with Crippen molar-refractivity contribution in [2.24, 2.45) is 0 Å². The number of carbonyl (C=O) groups excluding carboxylic acids is 1. The molecule has 3 aromatic rings. The maximum absolute atomic E-state index is 13.2. The summed E-state index contributed by atoms with van der Waals surface area (Å²) in [6.07, 6.45) is 0. The highest BCUT2D eigenvalue weighted by atomic mass is 16.5. The van der Waals surface area contributed by atoms with Gasteiger partial charge in [0.15, 0.2) is 11.5 Å². The van der Waals surface area contributed by atoms with E-state index in [4.69, 9.17) is 9.47 Å². The topological polar surface area (TPSA) is 42.0 Å². The Balaban J connectivity index is 1.69. The van der Waals surface area contributed by atoms with Gasteiger partial charge in [0.2, 0.25) is 0 Å². The van der Waals surface area contributed by atoms with E-state index in [1.54, 1.807) is 19.1 Å². The van der Waals surface area contributed by atoms with E-state index in [-0.39, 0.29) is 11.3 Å². The van der Waals surface area contributed by atoms with E-state index < -0.39 is 0 Å². The Labute approximate surface area is 216 Å². The first-order chi connectivity index (χ1) is 17.2. The molecule has 0 N–H and O–H groups in total. The molecule has 0 aliphatic rings. The minimum Gasteiger partial charge on any atom is -0.493 e. The summed E-state index contributed by atoms with van der Waals surface area (Å²) in [6.45, 7) is 14.3. The summed E-state index contributed by atoms with van der Waals surface area (Å²) in [5.41, 5.74) is 5.02. The zero-order valence-electron chi connectivity index (χ0n) is 22.8. The Bertz CT molecular complexity index is 1130. The van der Waals surface area contributed by atoms with Crippen LogP contribution in [0.3, 0.4) is 0 Å². The highest BCUT2D eigenvalue weighted by Crippen LogP contribution is 2.32. The van der Waals surface area contributed by atoms with Gasteiger partial charge in [0, 0.05) is 30.9 Å². The summed E-state index contributed by atoms with van der Waals surface area (Å²) in [5, 5.41) is 0. The van der Waals surface area contributed by atoms with Gasteiger partial charge < -0.3 is 19.3 Å². The van der Waals surface area contributed by atoms with Crippen molar-refractivity contribution in [2.75, 3.05) is 45.3 Å². The van der Waals surface area contributed by atoms with Gasteiger partial charge >= 0.3 is 0 Å². The SMILES string of the molecule is CCN(CC)CCOc1ccc(N(C)C(=O)c2ccc(-c3ccc(C(C)(C)C)cc3)cc2)cc1OC. The van der Waals surface area contributed by atoms with Crippen LogP contribution in [0.4, 0.5) is 5.69 Å². The average Bonchev–Trinajstić information content (AvgIpc) is 2.90. The number of rotatable bonds is 10. The third kappa shape index (κ3) is 6.67. The maximum Gasteiger partial charge on any atom is 0.258 e. The number of ether oxygens (including phenoxy) is 2. The number of carbonyl (C=O) groups is 1. The molecule has 0 fully saturated rings. The molecule has 0 saturated carbocycles. The molecule has 192 valence electrons. The van der Waals surface area contributed by atoms with Crippen LogP contribution in [-0.4, -0.2) is 51.2 Å². The molecule has 5 heteroatoms. The van der Waals surface area contributed by atoms with Crippen molar-refractivity contribution in [2.45, 2.75) is 40.0 Å². The van der Waals surface area contributed by atoms with E-state index in [2.05, 4.69) is 63.8 Å². The lowest BCUT2D eigenvalue weighted by Crippen LogP contribution is -2.28. The molecule has 0 radical (unpaired) electrons. The van der Waals surface area contributed by atoms with Crippen LogP contribution in [0.1, 0.15) is 50.5 Å². The van der Waals surface area contributed by atoms with Gasteiger partial charge in [0.05, 0.1) is 7.11 Å². The van der Waals surface area contributed by atoms with Crippen molar-refractivity contribution in [3.05, 3.63) is 77.9 Å². The molecule has 3 aromatic carbocycles. The smallest absolute Gasteiger partial charge is 0.258 e. The number of hydrogen-bond acceptors (Lipinski definition) is 4. The molecule has 0 aromatic heterocycles. The molecular formula is C31H40N2O3. The second-order valence-corrected chi connectivity index (χ2v) is 9.98. The number of nitrogens with zero attached hydrogens (tertiary/aromatic N) is 2. The summed E-state index contributed by atoms with van der Waals surface area (Å²) >= 11 is 0. The quantitative estimate of drug-likeness (QED) is 0.320. The van der Waals surface area contributed by atoms with E-state index in [0.29, 0.717) is 23.7 Å². The Hall–Kier alpha value is -3.31. The van der Waals surface area contributed by atoms with Gasteiger partial charge in [0.1, 0.15) is 6.61 Å². The molecular weight excluding hydrogens is 448 g/mol. The molecule has 0 atom stereocenters. The normalized spacial score (nSPS) is 11.4. The fourth-order valence-corrected chi connectivity index (χ4v) is 4.09. The van der Waals surface area contributed by atoms with Crippen LogP contribution < -0.4 is 14.4 Å². The lowest BCUT2D eigenvalue weighted by atomic mass is 9.86. The average molecular weight is 489 g/mol. The van der Waals surface area contributed by atoms with Crippen LogP contribution in [0.25, 0.3) is 11.1 Å². The zero-order valence-corrected chi connectivity index (χ0v) is 22.8. The summed E-state index contributed by atoms with van der Waals surface area (Å²) in [5.74, 6) is 1.21. The molecule has 0 aliphatic carbocycles. The van der Waals surface area contributed by atoms with Crippen LogP contribution in [0, 0.1) is 0 Å². The molecule has 36 heavy (non-hydrogen) atoms. The van der Waals surface area contributed by atoms with Crippen LogP contribution >= 0.6 is 0 Å². The van der Waals surface area contributed by atoms with E-state index in [1.807, 2.05) is 42.5 Å². The fraction of sp³-hybridized carbons (Fsp3) is 0.387. The minimum absolute atomic E-state index is 0.0816. The molecule has 0 bridgehead atoms. The Morgan fingerprint density at radius 2 is 1.42 bits per heavy atom. The molecule has 0 spiro atoms. The maximum atomic E-state index is 13.2. The van der Waals surface area contributed by atoms with Gasteiger partial charge in [-0.05, 0) is 59.5 Å². The van der Waals surface area contributed by atoms with E-state index in [9.17, 15) is 4.79 Å². The summed E-state index contributed by atoms with van der Waals surface area (Å²) in [6, 6.07) is 22.0. The number of benzene rings is 3. The van der Waals surface area contributed by atoms with Crippen LogP contribution in [0.5, 0.6) is 11.5 Å². The van der Waals surface area contributed by atoms with Gasteiger partial charge in [-0.1, -0.05) is 71.0 Å². The first-order valence-electron chi connectivity index (χ1n) is 12.7. The minimum atomic E-state index is -0.0816. The number of amides is 1. The molecule has 0 heterocycles. The third-order valence-electron chi connectivity index (χ3n) is 6.61. The molecule has 5 nitrogen and oxygen atoms in total. The van der Waals surface area contributed by atoms with Crippen LogP contribution in [0.2, 0.25) is 0 Å². The van der Waals surface area contributed by atoms with Crippen molar-refractivity contribution in [3.8, 4) is 22.6 Å². The van der Waals surface area contributed by atoms with E-state index in [1.165, 1.54) is 5.56 Å². The Morgan fingerprint density at radius 1 is 0.833 bits per heavy atom. The van der Waals surface area contributed by atoms with Crippen molar-refractivity contribution < 1.29 is 14.3 Å².